The van der Waals surface area contributed by atoms with Gasteiger partial charge in [-0.3, -0.25) is 9.59 Å². The van der Waals surface area contributed by atoms with Gasteiger partial charge in [-0.25, -0.2) is 10.9 Å². The number of hydrazone groups is 2. The molecule has 0 aliphatic rings. The molecule has 0 fully saturated rings. The lowest BCUT2D eigenvalue weighted by molar-refractivity contribution is -0.121. The van der Waals surface area contributed by atoms with Gasteiger partial charge in [0.25, 0.3) is 11.8 Å². The fourth-order valence-electron chi connectivity index (χ4n) is 2.37. The van der Waals surface area contributed by atoms with Crippen LogP contribution in [0.1, 0.15) is 25.0 Å². The van der Waals surface area contributed by atoms with E-state index >= 15 is 0 Å². The fraction of sp³-hybridized carbons (Fsp3) is 0.182. The highest BCUT2D eigenvalue weighted by Crippen LogP contribution is 2.33. The van der Waals surface area contributed by atoms with E-state index in [9.17, 15) is 9.59 Å². The molecule has 182 valence electrons. The van der Waals surface area contributed by atoms with Crippen molar-refractivity contribution in [2.75, 3.05) is 0 Å². The number of hydrogen-bond acceptors (Lipinski definition) is 9. The number of carbonyl (C=O) groups excluding carboxylic acids is 2. The second-order valence-corrected chi connectivity index (χ2v) is 12.7. The molecule has 0 saturated carbocycles. The summed E-state index contributed by atoms with van der Waals surface area (Å²) in [7, 11) is 0. The van der Waals surface area contributed by atoms with Crippen molar-refractivity contribution in [2.45, 2.75) is 33.0 Å². The van der Waals surface area contributed by atoms with Crippen molar-refractivity contribution in [3.8, 4) is 0 Å². The van der Waals surface area contributed by atoms with Crippen LogP contribution < -0.4 is 10.9 Å². The van der Waals surface area contributed by atoms with Crippen LogP contribution in [0.15, 0.2) is 76.4 Å². The molecule has 2 amide bonds. The van der Waals surface area contributed by atoms with Gasteiger partial charge in [-0.15, -0.1) is 10.2 Å². The van der Waals surface area contributed by atoms with E-state index in [0.29, 0.717) is 8.68 Å². The number of nitrogens with one attached hydrogen (secondary N) is 2. The van der Waals surface area contributed by atoms with Gasteiger partial charge in [0, 0.05) is 20.1 Å². The first-order valence-corrected chi connectivity index (χ1v) is 14.3. The maximum Gasteiger partial charge on any atom is 0.253 e. The normalized spacial score (nSPS) is 13.1. The molecular formula is C22H20Br2N6O2S3. The quantitative estimate of drug-likeness (QED) is 0.174. The van der Waals surface area contributed by atoms with Crippen LogP contribution in [0, 0.1) is 0 Å². The average Bonchev–Trinajstić information content (AvgIpc) is 3.27. The Balaban J connectivity index is 1.45. The van der Waals surface area contributed by atoms with Gasteiger partial charge in [0.15, 0.2) is 8.68 Å². The number of thioether (sulfide) groups is 2. The Morgan fingerprint density at radius 1 is 0.829 bits per heavy atom. The number of hydrogen-bond donors (Lipinski definition) is 2. The first-order valence-electron chi connectivity index (χ1n) is 10.1. The monoisotopic (exact) mass is 654 g/mol. The third-order valence-electron chi connectivity index (χ3n) is 4.25. The fourth-order valence-corrected chi connectivity index (χ4v) is 6.44. The number of carbonyl (C=O) groups is 2. The Morgan fingerprint density at radius 2 is 1.23 bits per heavy atom. The van der Waals surface area contributed by atoms with Gasteiger partial charge < -0.3 is 0 Å². The van der Waals surface area contributed by atoms with Crippen molar-refractivity contribution in [2.24, 2.45) is 10.2 Å². The third-order valence-corrected chi connectivity index (χ3v) is 8.98. The van der Waals surface area contributed by atoms with E-state index in [1.165, 1.54) is 34.9 Å². The summed E-state index contributed by atoms with van der Waals surface area (Å²) >= 11 is 10.7. The number of halogens is 2. The highest BCUT2D eigenvalue weighted by Gasteiger charge is 2.20. The molecule has 0 saturated heterocycles. The van der Waals surface area contributed by atoms with Gasteiger partial charge in [-0.05, 0) is 26.0 Å². The van der Waals surface area contributed by atoms with Crippen molar-refractivity contribution in [1.29, 1.82) is 0 Å². The number of rotatable bonds is 10. The van der Waals surface area contributed by atoms with Crippen molar-refractivity contribution in [3.05, 3.63) is 68.6 Å². The molecule has 2 aromatic carbocycles. The molecule has 35 heavy (non-hydrogen) atoms. The molecular weight excluding hydrogens is 636 g/mol. The third kappa shape index (κ3) is 8.83. The highest BCUT2D eigenvalue weighted by atomic mass is 79.9. The van der Waals surface area contributed by atoms with Crippen molar-refractivity contribution >= 4 is 91.0 Å². The minimum absolute atomic E-state index is 0.252. The van der Waals surface area contributed by atoms with Crippen LogP contribution in [0.4, 0.5) is 0 Å². The Kier molecular flexibility index (Phi) is 10.9. The van der Waals surface area contributed by atoms with Crippen LogP contribution >= 0.6 is 66.7 Å². The highest BCUT2D eigenvalue weighted by molar-refractivity contribution is 9.10. The topological polar surface area (TPSA) is 109 Å². The van der Waals surface area contributed by atoms with Crippen molar-refractivity contribution in [1.82, 2.24) is 21.0 Å². The smallest absolute Gasteiger partial charge is 0.253 e. The second-order valence-electron chi connectivity index (χ2n) is 6.87. The molecule has 8 nitrogen and oxygen atoms in total. The molecule has 0 spiro atoms. The van der Waals surface area contributed by atoms with Gasteiger partial charge in [0.2, 0.25) is 0 Å². The molecule has 2 unspecified atom stereocenters. The molecule has 0 radical (unpaired) electrons. The van der Waals surface area contributed by atoms with E-state index < -0.39 is 10.5 Å². The molecule has 13 heteroatoms. The lowest BCUT2D eigenvalue weighted by atomic mass is 10.2. The largest absolute Gasteiger partial charge is 0.272 e. The van der Waals surface area contributed by atoms with E-state index in [4.69, 9.17) is 0 Å². The minimum atomic E-state index is -0.426. The van der Waals surface area contributed by atoms with Crippen LogP contribution in [0.2, 0.25) is 0 Å². The molecule has 1 aromatic heterocycles. The van der Waals surface area contributed by atoms with E-state index in [2.05, 4.69) is 63.1 Å². The summed E-state index contributed by atoms with van der Waals surface area (Å²) in [5.41, 5.74) is 6.79. The molecule has 3 rings (SSSR count). The standard InChI is InChI=1S/C22H20Br2N6O2S3/c1-13(19(31)27-25-11-15-7-3-5-9-17(15)23)33-21-29-30-22(35-21)34-14(2)20(32)28-26-12-16-8-4-6-10-18(16)24/h3-14H,1-2H3,(H,27,31)(H,28,32)/b25-11+,26-12+. The lowest BCUT2D eigenvalue weighted by Gasteiger charge is -2.07. The van der Waals surface area contributed by atoms with E-state index in [1.54, 1.807) is 26.3 Å². The zero-order valence-electron chi connectivity index (χ0n) is 18.5. The summed E-state index contributed by atoms with van der Waals surface area (Å²) < 4.78 is 3.03. The van der Waals surface area contributed by atoms with Gasteiger partial charge in [0.05, 0.1) is 22.9 Å². The summed E-state index contributed by atoms with van der Waals surface area (Å²) in [6.07, 6.45) is 3.16. The van der Waals surface area contributed by atoms with Crippen LogP contribution in [-0.4, -0.2) is 44.9 Å². The van der Waals surface area contributed by atoms with Crippen molar-refractivity contribution in [3.63, 3.8) is 0 Å². The molecule has 0 aliphatic carbocycles. The van der Waals surface area contributed by atoms with Gasteiger partial charge in [0.1, 0.15) is 0 Å². The number of benzene rings is 2. The van der Waals surface area contributed by atoms with E-state index in [0.717, 1.165) is 20.1 Å². The summed E-state index contributed by atoms with van der Waals surface area (Å²) in [6.45, 7) is 3.53. The molecule has 2 atom stereocenters. The van der Waals surface area contributed by atoms with Gasteiger partial charge in [-0.2, -0.15) is 10.2 Å². The Labute approximate surface area is 232 Å². The molecule has 0 bridgehead atoms. The summed E-state index contributed by atoms with van der Waals surface area (Å²) in [6, 6.07) is 15.1. The van der Waals surface area contributed by atoms with Crippen LogP contribution in [-0.2, 0) is 9.59 Å². The predicted octanol–water partition coefficient (Wildman–Crippen LogP) is 5.32. The molecule has 3 aromatic rings. The number of nitrogens with zero attached hydrogens (tertiary/aromatic N) is 4. The summed E-state index contributed by atoms with van der Waals surface area (Å²) in [5.74, 6) is -0.503. The lowest BCUT2D eigenvalue weighted by Crippen LogP contribution is -2.26. The zero-order chi connectivity index (χ0) is 25.2. The summed E-state index contributed by atoms with van der Waals surface area (Å²) in [5, 5.41) is 15.4. The van der Waals surface area contributed by atoms with E-state index in [-0.39, 0.29) is 11.8 Å². The average molecular weight is 656 g/mol. The maximum atomic E-state index is 12.3. The van der Waals surface area contributed by atoms with E-state index in [1.807, 2.05) is 48.5 Å². The summed E-state index contributed by atoms with van der Waals surface area (Å²) in [4.78, 5) is 24.7. The predicted molar refractivity (Wildman–Crippen MR) is 150 cm³/mol. The number of aromatic nitrogens is 2. The van der Waals surface area contributed by atoms with Crippen LogP contribution in [0.25, 0.3) is 0 Å². The number of amides is 2. The zero-order valence-corrected chi connectivity index (χ0v) is 24.1. The Morgan fingerprint density at radius 3 is 1.63 bits per heavy atom. The Hall–Kier alpha value is -2.06. The van der Waals surface area contributed by atoms with Gasteiger partial charge >= 0.3 is 0 Å². The first-order chi connectivity index (χ1) is 16.8. The molecule has 1 heterocycles. The van der Waals surface area contributed by atoms with Gasteiger partial charge in [-0.1, -0.05) is 103 Å². The first kappa shape index (κ1) is 27.5. The SMILES string of the molecule is CC(Sc1nnc(SC(C)C(=O)N/N=C/c2ccccc2Br)s1)C(=O)N/N=C/c1ccccc1Br. The maximum absolute atomic E-state index is 12.3. The van der Waals surface area contributed by atoms with Crippen molar-refractivity contribution < 1.29 is 9.59 Å². The second kappa shape index (κ2) is 13.9. The minimum Gasteiger partial charge on any atom is -0.272 e. The van der Waals surface area contributed by atoms with Crippen LogP contribution in [0.5, 0.6) is 0 Å². The molecule has 2 N–H and O–H groups in total. The van der Waals surface area contributed by atoms with Crippen LogP contribution in [0.3, 0.4) is 0 Å². The molecule has 0 aliphatic heterocycles. The Bertz CT molecular complexity index is 1150.